The molecule has 1 aromatic heterocycles. The van der Waals surface area contributed by atoms with E-state index in [1.165, 1.54) is 44.4 Å². The Morgan fingerprint density at radius 2 is 2.00 bits per heavy atom. The number of benzene rings is 1. The van der Waals surface area contributed by atoms with Gasteiger partial charge in [0.2, 0.25) is 5.60 Å². The number of rotatable bonds is 9. The topological polar surface area (TPSA) is 246 Å². The number of hydrogen-bond donors (Lipinski definition) is 6. The first kappa shape index (κ1) is 28.3. The van der Waals surface area contributed by atoms with Gasteiger partial charge in [0.15, 0.2) is 22.3 Å². The minimum absolute atomic E-state index is 0.0512. The highest BCUT2D eigenvalue weighted by Gasteiger charge is 2.51. The van der Waals surface area contributed by atoms with Gasteiger partial charge in [0.05, 0.1) is 12.3 Å². The molecule has 3 rings (SSSR count). The molecule has 18 heteroatoms. The number of para-hydroxylation sites is 1. The molecule has 1 saturated heterocycles. The molecule has 0 unspecified atom stereocenters. The number of phenolic OH excluding ortho intramolecular Hbond substituents is 2. The third-order valence-electron chi connectivity index (χ3n) is 5.18. The monoisotopic (exact) mass is 569 g/mol. The zero-order valence-electron chi connectivity index (χ0n) is 20.0. The molecule has 7 N–H and O–H groups in total. The van der Waals surface area contributed by atoms with Crippen molar-refractivity contribution in [3.8, 4) is 11.5 Å². The van der Waals surface area contributed by atoms with Crippen molar-refractivity contribution < 1.29 is 42.4 Å². The SMILES string of the molecule is C[C@H]1[C@H](NC(=O)C(=NOC(C)(C)C(=O)NN=Cc2cccc(O)c2O)c2csc(N)n2)C(=O)N1S(=O)(=O)O. The van der Waals surface area contributed by atoms with Gasteiger partial charge in [0.1, 0.15) is 11.7 Å². The average molecular weight is 570 g/mol. The van der Waals surface area contributed by atoms with Crippen LogP contribution in [0.1, 0.15) is 32.0 Å². The average Bonchev–Trinajstić information content (AvgIpc) is 3.25. The van der Waals surface area contributed by atoms with E-state index >= 15 is 0 Å². The van der Waals surface area contributed by atoms with Crippen LogP contribution < -0.4 is 16.5 Å². The fraction of sp³-hybridized carbons (Fsp3) is 0.300. The van der Waals surface area contributed by atoms with Crippen molar-refractivity contribution in [1.29, 1.82) is 0 Å². The third-order valence-corrected chi connectivity index (χ3v) is 6.86. The smallest absolute Gasteiger partial charge is 0.362 e. The Labute approximate surface area is 219 Å². The number of nitrogens with zero attached hydrogens (tertiary/aromatic N) is 4. The van der Waals surface area contributed by atoms with Gasteiger partial charge in [0, 0.05) is 10.9 Å². The highest BCUT2D eigenvalue weighted by atomic mass is 32.2. The number of oxime groups is 1. The van der Waals surface area contributed by atoms with Gasteiger partial charge >= 0.3 is 10.3 Å². The van der Waals surface area contributed by atoms with Crippen LogP contribution in [-0.4, -0.2) is 79.8 Å². The van der Waals surface area contributed by atoms with Crippen LogP contribution in [0, 0.1) is 0 Å². The van der Waals surface area contributed by atoms with Gasteiger partial charge in [-0.2, -0.15) is 13.5 Å². The summed E-state index contributed by atoms with van der Waals surface area (Å²) in [6, 6.07) is 1.76. The number of β-lactam (4-membered cyclic amide) rings is 1. The van der Waals surface area contributed by atoms with Crippen molar-refractivity contribution in [2.45, 2.75) is 38.5 Å². The van der Waals surface area contributed by atoms with Gasteiger partial charge in [-0.05, 0) is 32.9 Å². The Bertz CT molecular complexity index is 1440. The van der Waals surface area contributed by atoms with Gasteiger partial charge in [0.25, 0.3) is 17.7 Å². The summed E-state index contributed by atoms with van der Waals surface area (Å²) < 4.78 is 31.9. The lowest BCUT2D eigenvalue weighted by Gasteiger charge is -2.42. The molecule has 0 spiro atoms. The van der Waals surface area contributed by atoms with Crippen molar-refractivity contribution >= 4 is 56.4 Å². The first-order chi connectivity index (χ1) is 17.6. The van der Waals surface area contributed by atoms with E-state index in [4.69, 9.17) is 15.1 Å². The van der Waals surface area contributed by atoms with E-state index in [9.17, 15) is 33.0 Å². The predicted molar refractivity (Wildman–Crippen MR) is 134 cm³/mol. The fourth-order valence-corrected chi connectivity index (χ4v) is 4.49. The van der Waals surface area contributed by atoms with E-state index in [2.05, 4.69) is 26.0 Å². The number of carbonyl (C=O) groups is 3. The van der Waals surface area contributed by atoms with Crippen LogP contribution in [-0.2, 0) is 29.5 Å². The number of hydrazone groups is 1. The third kappa shape index (κ3) is 5.98. The van der Waals surface area contributed by atoms with Crippen molar-refractivity contribution in [3.63, 3.8) is 0 Å². The minimum atomic E-state index is -4.80. The zero-order chi connectivity index (χ0) is 28.4. The van der Waals surface area contributed by atoms with E-state index in [1.807, 2.05) is 0 Å². The van der Waals surface area contributed by atoms with Crippen molar-refractivity contribution in [2.24, 2.45) is 10.3 Å². The van der Waals surface area contributed by atoms with Gasteiger partial charge in [-0.1, -0.05) is 11.2 Å². The van der Waals surface area contributed by atoms with E-state index in [0.717, 1.165) is 17.6 Å². The number of amides is 3. The maximum Gasteiger partial charge on any atom is 0.362 e. The van der Waals surface area contributed by atoms with Gasteiger partial charge in [-0.3, -0.25) is 18.9 Å². The molecule has 0 aliphatic carbocycles. The lowest BCUT2D eigenvalue weighted by molar-refractivity contribution is -0.144. The molecule has 2 aromatic rings. The predicted octanol–water partition coefficient (Wildman–Crippen LogP) is -0.696. The van der Waals surface area contributed by atoms with Crippen LogP contribution in [0.4, 0.5) is 5.13 Å². The first-order valence-electron chi connectivity index (χ1n) is 10.6. The van der Waals surface area contributed by atoms with Crippen LogP contribution in [0.5, 0.6) is 11.5 Å². The van der Waals surface area contributed by atoms with Crippen molar-refractivity contribution in [1.82, 2.24) is 20.0 Å². The van der Waals surface area contributed by atoms with Gasteiger partial charge in [-0.15, -0.1) is 11.3 Å². The van der Waals surface area contributed by atoms with E-state index < -0.39 is 57.2 Å². The highest BCUT2D eigenvalue weighted by molar-refractivity contribution is 7.84. The summed E-state index contributed by atoms with van der Waals surface area (Å²) in [6.07, 6.45) is 1.08. The maximum atomic E-state index is 12.9. The standard InChI is InChI=1S/C20H23N7O9S2/c1-9-13(17(31)27(9)38(33,34)35)24-16(30)14(11-8-37-19(21)23-11)26-36-20(2,3)18(32)25-22-7-10-5-4-6-12(28)15(10)29/h4-9,13,28-29H,1-3H3,(H2,21,23)(H,24,30)(H,25,32)(H,33,34,35)/t9-,13-/m0/s1. The number of aromatic nitrogens is 1. The number of hydrogen-bond acceptors (Lipinski definition) is 13. The second-order valence-electron chi connectivity index (χ2n) is 8.33. The highest BCUT2D eigenvalue weighted by Crippen LogP contribution is 2.27. The Balaban J connectivity index is 1.75. The van der Waals surface area contributed by atoms with Crippen LogP contribution in [0.2, 0.25) is 0 Å². The molecule has 3 amide bonds. The number of thiazole rings is 1. The summed E-state index contributed by atoms with van der Waals surface area (Å²) >= 11 is 0.970. The molecule has 2 heterocycles. The van der Waals surface area contributed by atoms with E-state index in [1.54, 1.807) is 0 Å². The second-order valence-corrected chi connectivity index (χ2v) is 10.5. The summed E-state index contributed by atoms with van der Waals surface area (Å²) in [5.74, 6) is -3.70. The largest absolute Gasteiger partial charge is 0.504 e. The Morgan fingerprint density at radius 1 is 1.32 bits per heavy atom. The molecule has 0 saturated carbocycles. The molecule has 2 atom stereocenters. The Kier molecular flexibility index (Phi) is 7.89. The summed E-state index contributed by atoms with van der Waals surface area (Å²) in [5.41, 5.74) is 5.68. The molecule has 1 fully saturated rings. The van der Waals surface area contributed by atoms with Gasteiger partial charge < -0.3 is 26.1 Å². The summed E-state index contributed by atoms with van der Waals surface area (Å²) in [4.78, 5) is 46.9. The Hall–Kier alpha value is -4.29. The van der Waals surface area contributed by atoms with Crippen molar-refractivity contribution in [2.75, 3.05) is 5.73 Å². The van der Waals surface area contributed by atoms with Crippen LogP contribution in [0.25, 0.3) is 0 Å². The maximum absolute atomic E-state index is 12.9. The summed E-state index contributed by atoms with van der Waals surface area (Å²) in [5, 5.41) is 30.5. The number of nitrogens with two attached hydrogens (primary N) is 1. The van der Waals surface area contributed by atoms with Crippen LogP contribution in [0.3, 0.4) is 0 Å². The number of aromatic hydroxyl groups is 2. The molecule has 0 radical (unpaired) electrons. The quantitative estimate of drug-likeness (QED) is 0.0724. The van der Waals surface area contributed by atoms with Crippen molar-refractivity contribution in [3.05, 3.63) is 34.8 Å². The first-order valence-corrected chi connectivity index (χ1v) is 12.8. The van der Waals surface area contributed by atoms with Crippen LogP contribution in [0.15, 0.2) is 33.8 Å². The molecule has 16 nitrogen and oxygen atoms in total. The lowest BCUT2D eigenvalue weighted by atomic mass is 10.0. The summed E-state index contributed by atoms with van der Waals surface area (Å²) in [7, 11) is -4.80. The Morgan fingerprint density at radius 3 is 2.58 bits per heavy atom. The lowest BCUT2D eigenvalue weighted by Crippen LogP contribution is -2.71. The fourth-order valence-electron chi connectivity index (χ4n) is 3.06. The minimum Gasteiger partial charge on any atom is -0.504 e. The second kappa shape index (κ2) is 10.6. The molecular formula is C20H23N7O9S2. The molecule has 204 valence electrons. The molecule has 1 aliphatic heterocycles. The zero-order valence-corrected chi connectivity index (χ0v) is 21.6. The number of nitrogens with one attached hydrogen (secondary N) is 2. The summed E-state index contributed by atoms with van der Waals surface area (Å²) in [6.45, 7) is 3.90. The molecule has 1 aliphatic rings. The molecular weight excluding hydrogens is 546 g/mol. The molecule has 38 heavy (non-hydrogen) atoms. The number of nitrogen functional groups attached to an aromatic ring is 1. The van der Waals surface area contributed by atoms with E-state index in [0.29, 0.717) is 0 Å². The molecule has 1 aromatic carbocycles. The number of carbonyl (C=O) groups excluding carboxylic acids is 3. The van der Waals surface area contributed by atoms with E-state index in [-0.39, 0.29) is 26.4 Å². The number of anilines is 1. The number of phenols is 2. The normalized spacial score (nSPS) is 18.3. The van der Waals surface area contributed by atoms with Crippen LogP contribution >= 0.6 is 11.3 Å². The molecule has 0 bridgehead atoms. The van der Waals surface area contributed by atoms with Gasteiger partial charge in [-0.25, -0.2) is 14.7 Å².